The molecule has 3 rings (SSSR count). The minimum atomic E-state index is -0.389. The molecule has 0 saturated heterocycles. The molecular weight excluding hydrogens is 336 g/mol. The van der Waals surface area contributed by atoms with Gasteiger partial charge in [0.1, 0.15) is 5.69 Å². The smallest absolute Gasteiger partial charge is 0.258 e. The van der Waals surface area contributed by atoms with Gasteiger partial charge in [-0.3, -0.25) is 10.1 Å². The van der Waals surface area contributed by atoms with Gasteiger partial charge in [-0.1, -0.05) is 35.5 Å². The van der Waals surface area contributed by atoms with E-state index in [0.717, 1.165) is 5.56 Å². The zero-order valence-corrected chi connectivity index (χ0v) is 14.6. The number of anilines is 1. The van der Waals surface area contributed by atoms with E-state index in [0.29, 0.717) is 28.5 Å². The third kappa shape index (κ3) is 3.46. The molecule has 0 spiro atoms. The van der Waals surface area contributed by atoms with E-state index in [-0.39, 0.29) is 11.8 Å². The lowest BCUT2D eigenvalue weighted by molar-refractivity contribution is 0.102. The fourth-order valence-electron chi connectivity index (χ4n) is 2.48. The summed E-state index contributed by atoms with van der Waals surface area (Å²) in [5, 5.41) is 6.64. The van der Waals surface area contributed by atoms with Crippen LogP contribution in [0, 0.1) is 0 Å². The molecule has 0 fully saturated rings. The summed E-state index contributed by atoms with van der Waals surface area (Å²) in [6.07, 6.45) is 0. The molecule has 1 heterocycles. The Hall–Kier alpha value is -3.48. The van der Waals surface area contributed by atoms with Gasteiger partial charge < -0.3 is 18.7 Å². The van der Waals surface area contributed by atoms with E-state index in [1.807, 2.05) is 30.3 Å². The van der Waals surface area contributed by atoms with Crippen molar-refractivity contribution in [2.75, 3.05) is 26.6 Å². The van der Waals surface area contributed by atoms with Crippen LogP contribution in [0.1, 0.15) is 10.4 Å². The molecule has 1 amide bonds. The van der Waals surface area contributed by atoms with Gasteiger partial charge in [-0.2, -0.15) is 0 Å². The van der Waals surface area contributed by atoms with Crippen LogP contribution in [0.2, 0.25) is 0 Å². The summed E-state index contributed by atoms with van der Waals surface area (Å²) < 4.78 is 21.0. The van der Waals surface area contributed by atoms with Gasteiger partial charge in [0.15, 0.2) is 11.5 Å². The molecule has 0 aliphatic carbocycles. The van der Waals surface area contributed by atoms with Gasteiger partial charge in [0.25, 0.3) is 5.91 Å². The maximum atomic E-state index is 12.5. The average molecular weight is 354 g/mol. The van der Waals surface area contributed by atoms with Crippen molar-refractivity contribution in [2.45, 2.75) is 0 Å². The molecule has 26 heavy (non-hydrogen) atoms. The number of carbonyl (C=O) groups is 1. The highest BCUT2D eigenvalue weighted by atomic mass is 16.5. The molecule has 3 aromatic rings. The molecule has 0 unspecified atom stereocenters. The number of amides is 1. The molecule has 0 bridgehead atoms. The van der Waals surface area contributed by atoms with Crippen molar-refractivity contribution in [2.24, 2.45) is 0 Å². The Labute approximate surface area is 150 Å². The van der Waals surface area contributed by atoms with Crippen molar-refractivity contribution in [3.63, 3.8) is 0 Å². The van der Waals surface area contributed by atoms with Crippen LogP contribution in [0.4, 0.5) is 5.88 Å². The summed E-state index contributed by atoms with van der Waals surface area (Å²) in [6.45, 7) is 0. The van der Waals surface area contributed by atoms with Crippen molar-refractivity contribution in [3.8, 4) is 28.5 Å². The maximum absolute atomic E-state index is 12.5. The third-order valence-electron chi connectivity index (χ3n) is 3.74. The van der Waals surface area contributed by atoms with Crippen LogP contribution < -0.4 is 19.5 Å². The molecule has 7 nitrogen and oxygen atoms in total. The second kappa shape index (κ2) is 7.60. The van der Waals surface area contributed by atoms with Crippen molar-refractivity contribution >= 4 is 11.8 Å². The van der Waals surface area contributed by atoms with Crippen molar-refractivity contribution < 1.29 is 23.5 Å². The quantitative estimate of drug-likeness (QED) is 0.728. The molecule has 1 aromatic heterocycles. The summed E-state index contributed by atoms with van der Waals surface area (Å²) >= 11 is 0. The van der Waals surface area contributed by atoms with Gasteiger partial charge in [0.05, 0.1) is 21.3 Å². The lowest BCUT2D eigenvalue weighted by Crippen LogP contribution is -2.12. The van der Waals surface area contributed by atoms with Crippen molar-refractivity contribution in [1.82, 2.24) is 5.16 Å². The third-order valence-corrected chi connectivity index (χ3v) is 3.74. The number of carbonyl (C=O) groups excluding carboxylic acids is 1. The first kappa shape index (κ1) is 17.3. The lowest BCUT2D eigenvalue weighted by Gasteiger charge is -2.13. The first-order chi connectivity index (χ1) is 12.7. The molecule has 0 saturated carbocycles. The van der Waals surface area contributed by atoms with E-state index >= 15 is 0 Å². The predicted molar refractivity (Wildman–Crippen MR) is 96.0 cm³/mol. The topological polar surface area (TPSA) is 82.8 Å². The number of rotatable bonds is 6. The number of benzene rings is 2. The highest BCUT2D eigenvalue weighted by Crippen LogP contribution is 2.38. The molecule has 0 radical (unpaired) electrons. The number of nitrogens with zero attached hydrogens (tertiary/aromatic N) is 1. The van der Waals surface area contributed by atoms with Gasteiger partial charge >= 0.3 is 0 Å². The van der Waals surface area contributed by atoms with Crippen molar-refractivity contribution in [1.29, 1.82) is 0 Å². The number of nitrogens with one attached hydrogen (secondary N) is 1. The Kier molecular flexibility index (Phi) is 5.07. The van der Waals surface area contributed by atoms with Crippen molar-refractivity contribution in [3.05, 3.63) is 54.1 Å². The van der Waals surface area contributed by atoms with E-state index in [4.69, 9.17) is 18.7 Å². The minimum Gasteiger partial charge on any atom is -0.493 e. The predicted octanol–water partition coefficient (Wildman–Crippen LogP) is 3.62. The summed E-state index contributed by atoms with van der Waals surface area (Å²) in [4.78, 5) is 12.5. The zero-order chi connectivity index (χ0) is 18.5. The standard InChI is InChI=1S/C19H18N2O5/c1-23-15-9-13(10-16(24-2)18(15)25-3)19(22)20-17-11-14(21-26-17)12-7-5-4-6-8-12/h4-11H,1-3H3,(H,20,22). The highest BCUT2D eigenvalue weighted by Gasteiger charge is 2.18. The second-order valence-corrected chi connectivity index (χ2v) is 5.31. The zero-order valence-electron chi connectivity index (χ0n) is 14.6. The number of methoxy groups -OCH3 is 3. The molecule has 0 aliphatic rings. The molecule has 7 heteroatoms. The molecule has 2 aromatic carbocycles. The first-order valence-electron chi connectivity index (χ1n) is 7.79. The number of hydrogen-bond donors (Lipinski definition) is 1. The number of aromatic nitrogens is 1. The fourth-order valence-corrected chi connectivity index (χ4v) is 2.48. The highest BCUT2D eigenvalue weighted by molar-refractivity contribution is 6.04. The van der Waals surface area contributed by atoms with E-state index in [9.17, 15) is 4.79 Å². The number of ether oxygens (including phenoxy) is 3. The van der Waals surface area contributed by atoms with Crippen LogP contribution in [0.25, 0.3) is 11.3 Å². The van der Waals surface area contributed by atoms with Crippen LogP contribution in [0.3, 0.4) is 0 Å². The van der Waals surface area contributed by atoms with Crippen LogP contribution in [-0.4, -0.2) is 32.4 Å². The van der Waals surface area contributed by atoms with E-state index in [1.54, 1.807) is 18.2 Å². The lowest BCUT2D eigenvalue weighted by atomic mass is 10.1. The molecular formula is C19H18N2O5. The van der Waals surface area contributed by atoms with Crippen LogP contribution >= 0.6 is 0 Å². The second-order valence-electron chi connectivity index (χ2n) is 5.31. The minimum absolute atomic E-state index is 0.239. The van der Waals surface area contributed by atoms with Crippen LogP contribution in [0.15, 0.2) is 53.1 Å². The molecule has 134 valence electrons. The monoisotopic (exact) mass is 354 g/mol. The summed E-state index contributed by atoms with van der Waals surface area (Å²) in [5.41, 5.74) is 1.85. The van der Waals surface area contributed by atoms with E-state index in [2.05, 4.69) is 10.5 Å². The Morgan fingerprint density at radius 2 is 1.62 bits per heavy atom. The fraction of sp³-hybridized carbons (Fsp3) is 0.158. The summed E-state index contributed by atoms with van der Waals surface area (Å²) in [6, 6.07) is 14.3. The Balaban J connectivity index is 1.83. The summed E-state index contributed by atoms with van der Waals surface area (Å²) in [5.74, 6) is 1.04. The maximum Gasteiger partial charge on any atom is 0.258 e. The van der Waals surface area contributed by atoms with Gasteiger partial charge in [-0.05, 0) is 12.1 Å². The molecule has 0 atom stereocenters. The van der Waals surface area contributed by atoms with Crippen LogP contribution in [0.5, 0.6) is 17.2 Å². The van der Waals surface area contributed by atoms with Gasteiger partial charge in [0.2, 0.25) is 11.6 Å². The van der Waals surface area contributed by atoms with Gasteiger partial charge in [0, 0.05) is 17.2 Å². The van der Waals surface area contributed by atoms with Crippen LogP contribution in [-0.2, 0) is 0 Å². The normalized spacial score (nSPS) is 10.3. The number of hydrogen-bond acceptors (Lipinski definition) is 6. The molecule has 0 aliphatic heterocycles. The Morgan fingerprint density at radius 1 is 0.962 bits per heavy atom. The van der Waals surface area contributed by atoms with Gasteiger partial charge in [-0.25, -0.2) is 0 Å². The first-order valence-corrected chi connectivity index (χ1v) is 7.79. The molecule has 1 N–H and O–H groups in total. The Bertz CT molecular complexity index is 880. The van der Waals surface area contributed by atoms with E-state index in [1.165, 1.54) is 21.3 Å². The average Bonchev–Trinajstić information content (AvgIpc) is 3.15. The van der Waals surface area contributed by atoms with Gasteiger partial charge in [-0.15, -0.1) is 0 Å². The Morgan fingerprint density at radius 3 is 2.19 bits per heavy atom. The van der Waals surface area contributed by atoms with E-state index < -0.39 is 0 Å². The largest absolute Gasteiger partial charge is 0.493 e. The SMILES string of the molecule is COc1cc(C(=O)Nc2cc(-c3ccccc3)no2)cc(OC)c1OC. The summed E-state index contributed by atoms with van der Waals surface area (Å²) in [7, 11) is 4.48.